The third-order valence-corrected chi connectivity index (χ3v) is 6.27. The van der Waals surface area contributed by atoms with E-state index in [0.29, 0.717) is 11.6 Å². The Hall–Kier alpha value is -3.19. The predicted molar refractivity (Wildman–Crippen MR) is 114 cm³/mol. The van der Waals surface area contributed by atoms with E-state index >= 15 is 0 Å². The predicted octanol–water partition coefficient (Wildman–Crippen LogP) is 4.76. The second kappa shape index (κ2) is 7.33. The van der Waals surface area contributed by atoms with Crippen LogP contribution in [0, 0.1) is 11.3 Å². The minimum atomic E-state index is 0.155. The average molecular weight is 381 g/mol. The Balaban J connectivity index is 1.35. The van der Waals surface area contributed by atoms with Gasteiger partial charge in [0.25, 0.3) is 5.91 Å². The number of nitrogens with zero attached hydrogens (tertiary/aromatic N) is 3. The van der Waals surface area contributed by atoms with E-state index < -0.39 is 0 Å². The molecule has 1 fully saturated rings. The van der Waals surface area contributed by atoms with Gasteiger partial charge >= 0.3 is 0 Å². The molecule has 1 unspecified atom stereocenters. The van der Waals surface area contributed by atoms with Crippen molar-refractivity contribution < 1.29 is 4.79 Å². The molecular formula is C25H23N3O. The van der Waals surface area contributed by atoms with Crippen molar-refractivity contribution in [3.63, 3.8) is 0 Å². The number of benzene rings is 2. The Morgan fingerprint density at radius 1 is 0.966 bits per heavy atom. The average Bonchev–Trinajstić information content (AvgIpc) is 3.49. The maximum atomic E-state index is 13.4. The molecule has 1 atom stereocenters. The van der Waals surface area contributed by atoms with Crippen LogP contribution >= 0.6 is 0 Å². The molecule has 3 aliphatic rings. The maximum Gasteiger partial charge on any atom is 0.254 e. The zero-order chi connectivity index (χ0) is 19.8. The van der Waals surface area contributed by atoms with Crippen LogP contribution < -0.4 is 0 Å². The van der Waals surface area contributed by atoms with Gasteiger partial charge in [0.15, 0.2) is 0 Å². The third kappa shape index (κ3) is 3.49. The number of carbonyl (C=O) groups excluding carboxylic acids is 1. The largest absolute Gasteiger partial charge is 0.332 e. The molecule has 144 valence electrons. The molecule has 2 aromatic rings. The van der Waals surface area contributed by atoms with E-state index in [-0.39, 0.29) is 11.9 Å². The monoisotopic (exact) mass is 381 g/mol. The van der Waals surface area contributed by atoms with Crippen LogP contribution in [0.3, 0.4) is 0 Å². The minimum absolute atomic E-state index is 0.155. The van der Waals surface area contributed by atoms with E-state index in [0.717, 1.165) is 55.3 Å². The van der Waals surface area contributed by atoms with E-state index in [1.54, 1.807) is 0 Å². The standard InChI is InChI=1S/C25H23N3O/c26-14-17-1-3-18(4-2-17)19-5-7-20(8-6-19)25(29)28(23-11-12-23)24-10-9-21-15-27-16-22(21)13-24/h1-8,16,23-24H,9-13,15H2. The van der Waals surface area contributed by atoms with Crippen LogP contribution in [0.2, 0.25) is 0 Å². The fourth-order valence-electron chi connectivity index (χ4n) is 4.50. The summed E-state index contributed by atoms with van der Waals surface area (Å²) >= 11 is 0. The number of amides is 1. The first-order valence-corrected chi connectivity index (χ1v) is 10.4. The van der Waals surface area contributed by atoms with Crippen molar-refractivity contribution in [1.82, 2.24) is 4.90 Å². The smallest absolute Gasteiger partial charge is 0.254 e. The topological polar surface area (TPSA) is 56.5 Å². The lowest BCUT2D eigenvalue weighted by molar-refractivity contribution is 0.0645. The summed E-state index contributed by atoms with van der Waals surface area (Å²) in [5.74, 6) is 0.155. The van der Waals surface area contributed by atoms with Gasteiger partial charge in [0.05, 0.1) is 18.2 Å². The Labute approximate surface area is 171 Å². The molecule has 2 aliphatic carbocycles. The van der Waals surface area contributed by atoms with Crippen LogP contribution in [0.5, 0.6) is 0 Å². The molecule has 0 bridgehead atoms. The van der Waals surface area contributed by atoms with Crippen LogP contribution in [0.1, 0.15) is 48.0 Å². The van der Waals surface area contributed by atoms with Gasteiger partial charge in [-0.25, -0.2) is 0 Å². The van der Waals surface area contributed by atoms with Gasteiger partial charge in [-0.2, -0.15) is 5.26 Å². The molecule has 0 aromatic heterocycles. The zero-order valence-corrected chi connectivity index (χ0v) is 16.3. The fourth-order valence-corrected chi connectivity index (χ4v) is 4.50. The normalized spacial score (nSPS) is 20.3. The first-order chi connectivity index (χ1) is 14.2. The highest BCUT2D eigenvalue weighted by Crippen LogP contribution is 2.37. The third-order valence-electron chi connectivity index (χ3n) is 6.27. The Morgan fingerprint density at radius 3 is 2.31 bits per heavy atom. The van der Waals surface area contributed by atoms with Crippen molar-refractivity contribution in [2.75, 3.05) is 6.54 Å². The summed E-state index contributed by atoms with van der Waals surface area (Å²) < 4.78 is 0. The molecule has 1 heterocycles. The molecule has 1 amide bonds. The maximum absolute atomic E-state index is 13.4. The summed E-state index contributed by atoms with van der Waals surface area (Å²) in [6, 6.07) is 18.3. The fraction of sp³-hybridized carbons (Fsp3) is 0.320. The van der Waals surface area contributed by atoms with Gasteiger partial charge < -0.3 is 4.90 Å². The lowest BCUT2D eigenvalue weighted by atomic mass is 9.88. The molecule has 4 heteroatoms. The molecule has 0 radical (unpaired) electrons. The number of hydrogen-bond acceptors (Lipinski definition) is 3. The van der Waals surface area contributed by atoms with Crippen LogP contribution in [0.4, 0.5) is 0 Å². The lowest BCUT2D eigenvalue weighted by Crippen LogP contribution is -2.43. The second-order valence-corrected chi connectivity index (χ2v) is 8.21. The van der Waals surface area contributed by atoms with Crippen LogP contribution in [-0.2, 0) is 0 Å². The molecule has 1 aliphatic heterocycles. The molecule has 2 aromatic carbocycles. The van der Waals surface area contributed by atoms with E-state index in [4.69, 9.17) is 5.26 Å². The van der Waals surface area contributed by atoms with Crippen molar-refractivity contribution in [3.05, 3.63) is 70.8 Å². The number of rotatable bonds is 4. The molecule has 29 heavy (non-hydrogen) atoms. The van der Waals surface area contributed by atoms with E-state index in [1.165, 1.54) is 11.1 Å². The van der Waals surface area contributed by atoms with Gasteiger partial charge in [0, 0.05) is 23.9 Å². The second-order valence-electron chi connectivity index (χ2n) is 8.21. The number of carbonyl (C=O) groups is 1. The lowest BCUT2D eigenvalue weighted by Gasteiger charge is -2.35. The quantitative estimate of drug-likeness (QED) is 0.766. The van der Waals surface area contributed by atoms with E-state index in [2.05, 4.69) is 16.0 Å². The molecule has 4 nitrogen and oxygen atoms in total. The number of aliphatic imine (C=N–C) groups is 1. The molecule has 0 saturated heterocycles. The molecule has 0 spiro atoms. The van der Waals surface area contributed by atoms with E-state index in [1.807, 2.05) is 54.7 Å². The van der Waals surface area contributed by atoms with E-state index in [9.17, 15) is 4.79 Å². The first-order valence-electron chi connectivity index (χ1n) is 10.4. The van der Waals surface area contributed by atoms with Crippen LogP contribution in [-0.4, -0.2) is 35.7 Å². The molecule has 1 saturated carbocycles. The number of hydrogen-bond donors (Lipinski definition) is 0. The van der Waals surface area contributed by atoms with Crippen molar-refractivity contribution in [2.24, 2.45) is 4.99 Å². The highest BCUT2D eigenvalue weighted by atomic mass is 16.2. The molecule has 5 rings (SSSR count). The summed E-state index contributed by atoms with van der Waals surface area (Å²) in [5.41, 5.74) is 6.34. The summed E-state index contributed by atoms with van der Waals surface area (Å²) in [5, 5.41) is 8.95. The summed E-state index contributed by atoms with van der Waals surface area (Å²) in [6.45, 7) is 0.857. The van der Waals surface area contributed by atoms with Gasteiger partial charge in [0.1, 0.15) is 0 Å². The Morgan fingerprint density at radius 2 is 1.66 bits per heavy atom. The SMILES string of the molecule is N#Cc1ccc(-c2ccc(C(=O)N(C3CC3)C3CCC4=C(C=NC4)C3)cc2)cc1. The highest BCUT2D eigenvalue weighted by Gasteiger charge is 2.39. The summed E-state index contributed by atoms with van der Waals surface area (Å²) in [6.07, 6.45) is 7.31. The zero-order valence-electron chi connectivity index (χ0n) is 16.3. The van der Waals surface area contributed by atoms with Crippen LogP contribution in [0.25, 0.3) is 11.1 Å². The van der Waals surface area contributed by atoms with Gasteiger partial charge in [-0.1, -0.05) is 24.3 Å². The number of nitriles is 1. The van der Waals surface area contributed by atoms with Crippen molar-refractivity contribution in [1.29, 1.82) is 5.26 Å². The van der Waals surface area contributed by atoms with Crippen molar-refractivity contribution in [3.8, 4) is 17.2 Å². The Kier molecular flexibility index (Phi) is 4.52. The van der Waals surface area contributed by atoms with Crippen molar-refractivity contribution >= 4 is 12.1 Å². The molecular weight excluding hydrogens is 358 g/mol. The van der Waals surface area contributed by atoms with Crippen molar-refractivity contribution in [2.45, 2.75) is 44.2 Å². The summed E-state index contributed by atoms with van der Waals surface area (Å²) in [7, 11) is 0. The van der Waals surface area contributed by atoms with Gasteiger partial charge in [0.2, 0.25) is 0 Å². The Bertz CT molecular complexity index is 1040. The van der Waals surface area contributed by atoms with Gasteiger partial charge in [-0.05, 0) is 78.6 Å². The summed E-state index contributed by atoms with van der Waals surface area (Å²) in [4.78, 5) is 20.0. The minimum Gasteiger partial charge on any atom is -0.332 e. The first kappa shape index (κ1) is 17.9. The highest BCUT2D eigenvalue weighted by molar-refractivity contribution is 5.95. The van der Waals surface area contributed by atoms with Gasteiger partial charge in [-0.15, -0.1) is 0 Å². The van der Waals surface area contributed by atoms with Crippen LogP contribution in [0.15, 0.2) is 64.7 Å². The molecule has 0 N–H and O–H groups in total. The van der Waals surface area contributed by atoms with Gasteiger partial charge in [-0.3, -0.25) is 9.79 Å².